The molecule has 0 unspecified atom stereocenters. The number of benzene rings is 3. The van der Waals surface area contributed by atoms with E-state index < -0.39 is 27.4 Å². The first kappa shape index (κ1) is 27.3. The van der Waals surface area contributed by atoms with Gasteiger partial charge in [0.1, 0.15) is 18.1 Å². The van der Waals surface area contributed by atoms with Crippen molar-refractivity contribution in [2.45, 2.75) is 25.2 Å². The Balaban J connectivity index is 1.51. The molecule has 0 aliphatic heterocycles. The van der Waals surface area contributed by atoms with E-state index in [1.54, 1.807) is 48.5 Å². The van der Waals surface area contributed by atoms with E-state index in [9.17, 15) is 23.3 Å². The number of amides is 1. The fourth-order valence-corrected chi connectivity index (χ4v) is 5.31. The number of carbonyl (C=O) groups excluding carboxylic acids is 1. The van der Waals surface area contributed by atoms with Crippen molar-refractivity contribution >= 4 is 33.5 Å². The average molecular weight is 547 g/mol. The van der Waals surface area contributed by atoms with Crippen molar-refractivity contribution < 1.29 is 22.6 Å². The number of nitro benzene ring substituents is 1. The Morgan fingerprint density at radius 2 is 1.72 bits per heavy atom. The van der Waals surface area contributed by atoms with E-state index in [0.717, 1.165) is 15.4 Å². The van der Waals surface area contributed by atoms with E-state index in [1.165, 1.54) is 30.5 Å². The summed E-state index contributed by atoms with van der Waals surface area (Å²) in [5.74, 6) is 0.142. The molecule has 0 bridgehead atoms. The van der Waals surface area contributed by atoms with E-state index in [0.29, 0.717) is 29.2 Å². The van der Waals surface area contributed by atoms with Gasteiger partial charge in [-0.15, -0.1) is 0 Å². The van der Waals surface area contributed by atoms with Gasteiger partial charge >= 0.3 is 0 Å². The van der Waals surface area contributed by atoms with Crippen LogP contribution in [0.3, 0.4) is 0 Å². The van der Waals surface area contributed by atoms with Gasteiger partial charge in [0.05, 0.1) is 21.7 Å². The number of para-hydroxylation sites is 1. The number of rotatable bonds is 10. The SMILES string of the molecule is CCc1ccccc1N(CC(=O)N/N=C\c1ccc(-c2ccc([N+](=O)[O-])cc2)o1)S(=O)(=O)c1ccc(C)cc1. The van der Waals surface area contributed by atoms with Gasteiger partial charge in [-0.05, 0) is 61.4 Å². The first-order valence-electron chi connectivity index (χ1n) is 12.0. The van der Waals surface area contributed by atoms with Crippen LogP contribution in [0.15, 0.2) is 99.3 Å². The molecule has 4 aromatic rings. The zero-order valence-electron chi connectivity index (χ0n) is 21.3. The minimum Gasteiger partial charge on any atom is -0.455 e. The van der Waals surface area contributed by atoms with Crippen LogP contribution in [-0.4, -0.2) is 32.0 Å². The molecule has 0 saturated carbocycles. The molecule has 10 nitrogen and oxygen atoms in total. The highest BCUT2D eigenvalue weighted by atomic mass is 32.2. The number of nitrogens with one attached hydrogen (secondary N) is 1. The number of nitrogens with zero attached hydrogens (tertiary/aromatic N) is 3. The molecule has 0 spiro atoms. The number of non-ortho nitro benzene ring substituents is 1. The summed E-state index contributed by atoms with van der Waals surface area (Å²) in [5.41, 5.74) is 5.07. The van der Waals surface area contributed by atoms with Gasteiger partial charge in [-0.2, -0.15) is 5.10 Å². The van der Waals surface area contributed by atoms with Crippen LogP contribution in [0, 0.1) is 17.0 Å². The van der Waals surface area contributed by atoms with Crippen molar-refractivity contribution in [1.82, 2.24) is 5.43 Å². The molecule has 0 radical (unpaired) electrons. The van der Waals surface area contributed by atoms with Crippen LogP contribution in [0.25, 0.3) is 11.3 Å². The summed E-state index contributed by atoms with van der Waals surface area (Å²) in [6, 6.07) is 22.6. The monoisotopic (exact) mass is 546 g/mol. The molecule has 0 atom stereocenters. The fourth-order valence-electron chi connectivity index (χ4n) is 3.85. The Morgan fingerprint density at radius 3 is 2.38 bits per heavy atom. The second-order valence-corrected chi connectivity index (χ2v) is 10.5. The predicted molar refractivity (Wildman–Crippen MR) is 148 cm³/mol. The molecular formula is C28H26N4O6S. The van der Waals surface area contributed by atoms with E-state index in [2.05, 4.69) is 10.5 Å². The van der Waals surface area contributed by atoms with Crippen molar-refractivity contribution in [1.29, 1.82) is 0 Å². The van der Waals surface area contributed by atoms with Crippen molar-refractivity contribution in [3.8, 4) is 11.3 Å². The maximum Gasteiger partial charge on any atom is 0.269 e. The molecule has 0 aliphatic carbocycles. The molecule has 1 aromatic heterocycles. The lowest BCUT2D eigenvalue weighted by molar-refractivity contribution is -0.384. The second kappa shape index (κ2) is 11.7. The van der Waals surface area contributed by atoms with E-state index in [1.807, 2.05) is 26.0 Å². The molecule has 39 heavy (non-hydrogen) atoms. The molecule has 0 fully saturated rings. The second-order valence-electron chi connectivity index (χ2n) is 8.61. The topological polar surface area (TPSA) is 135 Å². The predicted octanol–water partition coefficient (Wildman–Crippen LogP) is 5.07. The number of hydrogen-bond acceptors (Lipinski definition) is 7. The molecule has 1 heterocycles. The molecule has 200 valence electrons. The van der Waals surface area contributed by atoms with Gasteiger partial charge in [-0.3, -0.25) is 19.2 Å². The maximum atomic E-state index is 13.6. The zero-order chi connectivity index (χ0) is 28.0. The average Bonchev–Trinajstić information content (AvgIpc) is 3.41. The van der Waals surface area contributed by atoms with E-state index in [-0.39, 0.29) is 10.6 Å². The third-order valence-electron chi connectivity index (χ3n) is 5.91. The van der Waals surface area contributed by atoms with Gasteiger partial charge < -0.3 is 4.42 Å². The molecule has 3 aromatic carbocycles. The van der Waals surface area contributed by atoms with Crippen LogP contribution < -0.4 is 9.73 Å². The highest BCUT2D eigenvalue weighted by molar-refractivity contribution is 7.92. The summed E-state index contributed by atoms with van der Waals surface area (Å²) in [5, 5.41) is 14.8. The molecular weight excluding hydrogens is 520 g/mol. The van der Waals surface area contributed by atoms with Gasteiger partial charge in [-0.25, -0.2) is 13.8 Å². The summed E-state index contributed by atoms with van der Waals surface area (Å²) in [6.45, 7) is 3.28. The molecule has 0 aliphatic rings. The minimum atomic E-state index is -4.05. The third-order valence-corrected chi connectivity index (χ3v) is 7.68. The third kappa shape index (κ3) is 6.39. The Labute approximate surface area is 225 Å². The van der Waals surface area contributed by atoms with Crippen LogP contribution in [0.1, 0.15) is 23.8 Å². The normalized spacial score (nSPS) is 11.4. The molecule has 1 amide bonds. The summed E-state index contributed by atoms with van der Waals surface area (Å²) in [6.07, 6.45) is 1.86. The smallest absolute Gasteiger partial charge is 0.269 e. The van der Waals surface area contributed by atoms with E-state index >= 15 is 0 Å². The van der Waals surface area contributed by atoms with Crippen molar-refractivity contribution in [2.75, 3.05) is 10.8 Å². The van der Waals surface area contributed by atoms with Crippen LogP contribution >= 0.6 is 0 Å². The first-order valence-corrected chi connectivity index (χ1v) is 13.5. The van der Waals surface area contributed by atoms with Gasteiger partial charge in [0.15, 0.2) is 0 Å². The summed E-state index contributed by atoms with van der Waals surface area (Å²) in [4.78, 5) is 23.3. The summed E-state index contributed by atoms with van der Waals surface area (Å²) < 4.78 is 33.9. The molecule has 4 rings (SSSR count). The number of anilines is 1. The van der Waals surface area contributed by atoms with Crippen LogP contribution in [0.4, 0.5) is 11.4 Å². The Kier molecular flexibility index (Phi) is 8.21. The minimum absolute atomic E-state index is 0.0326. The van der Waals surface area contributed by atoms with Crippen LogP contribution in [0.5, 0.6) is 0 Å². The maximum absolute atomic E-state index is 13.6. The Morgan fingerprint density at radius 1 is 1.03 bits per heavy atom. The van der Waals surface area contributed by atoms with Crippen molar-refractivity contribution in [3.63, 3.8) is 0 Å². The van der Waals surface area contributed by atoms with Crippen LogP contribution in [0.2, 0.25) is 0 Å². The number of carbonyl (C=O) groups is 1. The summed E-state index contributed by atoms with van der Waals surface area (Å²) >= 11 is 0. The Bertz CT molecular complexity index is 1610. The van der Waals surface area contributed by atoms with Gasteiger partial charge in [0.25, 0.3) is 21.6 Å². The number of hydrogen-bond donors (Lipinski definition) is 1. The lowest BCUT2D eigenvalue weighted by atomic mass is 10.1. The van der Waals surface area contributed by atoms with Crippen molar-refractivity contribution in [2.24, 2.45) is 5.10 Å². The zero-order valence-corrected chi connectivity index (χ0v) is 22.1. The highest BCUT2D eigenvalue weighted by Crippen LogP contribution is 2.28. The summed E-state index contributed by atoms with van der Waals surface area (Å²) in [7, 11) is -4.05. The standard InChI is InChI=1S/C28H26N4O6S/c1-3-21-6-4-5-7-26(21)31(39(36,37)25-15-8-20(2)9-16-25)19-28(33)30-29-18-24-14-17-27(38-24)22-10-12-23(13-11-22)32(34)35/h4-18H,3,19H2,1-2H3,(H,30,33)/b29-18-. The van der Waals surface area contributed by atoms with E-state index in [4.69, 9.17) is 4.42 Å². The lowest BCUT2D eigenvalue weighted by Crippen LogP contribution is -2.40. The molecule has 1 N–H and O–H groups in total. The molecule has 0 saturated heterocycles. The van der Waals surface area contributed by atoms with Gasteiger partial charge in [0, 0.05) is 17.7 Å². The first-order chi connectivity index (χ1) is 18.7. The van der Waals surface area contributed by atoms with Gasteiger partial charge in [0.2, 0.25) is 0 Å². The number of aryl methyl sites for hydroxylation is 2. The number of furan rings is 1. The highest BCUT2D eigenvalue weighted by Gasteiger charge is 2.28. The quantitative estimate of drug-likeness (QED) is 0.168. The lowest BCUT2D eigenvalue weighted by Gasteiger charge is -2.25. The van der Waals surface area contributed by atoms with Crippen LogP contribution in [-0.2, 0) is 21.2 Å². The number of nitro groups is 1. The number of hydrazone groups is 1. The Hall–Kier alpha value is -4.77. The molecule has 11 heteroatoms. The largest absolute Gasteiger partial charge is 0.455 e. The fraction of sp³-hybridized carbons (Fsp3) is 0.143. The van der Waals surface area contributed by atoms with Gasteiger partial charge in [-0.1, -0.05) is 42.8 Å². The van der Waals surface area contributed by atoms with Crippen molar-refractivity contribution in [3.05, 3.63) is 112 Å². The number of sulfonamides is 1.